The van der Waals surface area contributed by atoms with E-state index in [-0.39, 0.29) is 60.5 Å². The summed E-state index contributed by atoms with van der Waals surface area (Å²) in [6.45, 7) is 4.19. The predicted molar refractivity (Wildman–Crippen MR) is 281 cm³/mol. The zero-order valence-corrected chi connectivity index (χ0v) is 44.2. The number of nitrogens with one attached hydrogen (secondary N) is 7. The number of unbranched alkanes of at least 4 members (excludes halogenated alkanes) is 11. The lowest BCUT2D eigenvalue weighted by molar-refractivity contribution is -0.166. The van der Waals surface area contributed by atoms with E-state index < -0.39 is 59.7 Å². The molecule has 6 rings (SSSR count). The number of ether oxygens (including phenoxy) is 1. The average Bonchev–Trinajstić information content (AvgIpc) is 4.02. The van der Waals surface area contributed by atoms with Crippen molar-refractivity contribution < 1.29 is 50.7 Å². The van der Waals surface area contributed by atoms with Gasteiger partial charge in [0.2, 0.25) is 23.6 Å². The van der Waals surface area contributed by atoms with Crippen molar-refractivity contribution >= 4 is 41.4 Å². The van der Waals surface area contributed by atoms with Gasteiger partial charge in [0, 0.05) is 54.1 Å². The number of thioether (sulfide) groups is 1. The monoisotopic (exact) mass is 1080 g/mol. The van der Waals surface area contributed by atoms with E-state index >= 15 is 0 Å². The molecule has 0 unspecified atom stereocenters. The number of halogens is 5. The maximum Gasteiger partial charge on any atom is 0.442 e. The highest BCUT2D eigenvalue weighted by molar-refractivity contribution is 8.00. The van der Waals surface area contributed by atoms with E-state index in [9.17, 15) is 45.9 Å². The van der Waals surface area contributed by atoms with Crippen molar-refractivity contribution in [2.75, 3.05) is 32.0 Å². The van der Waals surface area contributed by atoms with Crippen molar-refractivity contribution in [3.8, 4) is 5.75 Å². The molecule has 0 bridgehead atoms. The van der Waals surface area contributed by atoms with Crippen LogP contribution < -0.4 is 42.0 Å². The molecule has 3 aromatic rings. The highest BCUT2D eigenvalue weighted by Crippen LogP contribution is 2.53. The van der Waals surface area contributed by atoms with E-state index in [1.165, 1.54) is 38.0 Å². The number of hydrogen-bond acceptors (Lipinski definition) is 10. The van der Waals surface area contributed by atoms with Crippen molar-refractivity contribution in [1.29, 1.82) is 0 Å². The molecule has 3 aromatic carbocycles. The number of hydrogen-bond donors (Lipinski definition) is 7. The van der Waals surface area contributed by atoms with Gasteiger partial charge in [-0.2, -0.15) is 24.9 Å². The zero-order valence-electron chi connectivity index (χ0n) is 43.4. The van der Waals surface area contributed by atoms with Crippen molar-refractivity contribution in [2.24, 2.45) is 10.2 Å². The van der Waals surface area contributed by atoms with Crippen LogP contribution in [-0.2, 0) is 44.2 Å². The largest absolute Gasteiger partial charge is 0.493 e. The second kappa shape index (κ2) is 30.2. The predicted octanol–water partition coefficient (Wildman–Crippen LogP) is 8.73. The third-order valence-electron chi connectivity index (χ3n) is 13.8. The van der Waals surface area contributed by atoms with Crippen LogP contribution >= 0.6 is 11.8 Å². The first-order valence-electron chi connectivity index (χ1n) is 26.9. The van der Waals surface area contributed by atoms with Crippen molar-refractivity contribution in [2.45, 2.75) is 170 Å². The van der Waals surface area contributed by atoms with Gasteiger partial charge in [0.15, 0.2) is 0 Å². The first-order chi connectivity index (χ1) is 36.6. The Bertz CT molecular complexity index is 2380. The van der Waals surface area contributed by atoms with E-state index in [1.54, 1.807) is 30.3 Å². The summed E-state index contributed by atoms with van der Waals surface area (Å²) in [5.74, 6) is -2.46. The SMILES string of the molecule is C[C@H](NC(=O)[C@H](Cc1ccccc1)NC(=O)Cc1cc(F)cc(F)c1)C(=O)NCc1ccc(C2(C(F)(F)F)N=N2)cc1OCCCCCCCCNCCCCCCCCNC(=O)CCCC[C@@H]1SC[C@@H]2NC(=O)N[C@@H]21. The minimum atomic E-state index is -4.75. The number of amides is 6. The second-order valence-electron chi connectivity index (χ2n) is 20.0. The Morgan fingerprint density at radius 3 is 2.07 bits per heavy atom. The van der Waals surface area contributed by atoms with E-state index in [0.717, 1.165) is 115 Å². The van der Waals surface area contributed by atoms with Crippen LogP contribution in [0, 0.1) is 11.6 Å². The molecule has 0 spiro atoms. The van der Waals surface area contributed by atoms with E-state index in [1.807, 2.05) is 11.8 Å². The molecule has 5 atom stereocenters. The molecule has 0 aliphatic carbocycles. The number of alkyl halides is 3. The smallest absolute Gasteiger partial charge is 0.442 e. The third-order valence-corrected chi connectivity index (χ3v) is 15.3. The molecule has 15 nitrogen and oxygen atoms in total. The van der Waals surface area contributed by atoms with Gasteiger partial charge < -0.3 is 42.0 Å². The van der Waals surface area contributed by atoms with Gasteiger partial charge in [-0.3, -0.25) is 19.2 Å². The van der Waals surface area contributed by atoms with Gasteiger partial charge in [0.1, 0.15) is 29.5 Å². The number of rotatable bonds is 35. The number of fused-ring (bicyclic) bond motifs is 1. The number of benzene rings is 3. The van der Waals surface area contributed by atoms with Crippen LogP contribution in [0.5, 0.6) is 5.75 Å². The first kappa shape index (κ1) is 59.4. The van der Waals surface area contributed by atoms with Crippen LogP contribution in [-0.4, -0.2) is 97.2 Å². The lowest BCUT2D eigenvalue weighted by atomic mass is 10.00. The fourth-order valence-electron chi connectivity index (χ4n) is 9.45. The molecule has 21 heteroatoms. The Labute approximate surface area is 446 Å². The summed E-state index contributed by atoms with van der Waals surface area (Å²) in [6, 6.07) is 13.6. The first-order valence-corrected chi connectivity index (χ1v) is 27.9. The summed E-state index contributed by atoms with van der Waals surface area (Å²) in [5.41, 5.74) is -1.70. The zero-order chi connectivity index (χ0) is 54.3. The van der Waals surface area contributed by atoms with Gasteiger partial charge in [0.25, 0.3) is 0 Å². The summed E-state index contributed by atoms with van der Waals surface area (Å²) in [7, 11) is 0. The molecule has 2 fully saturated rings. The Kier molecular flexibility index (Phi) is 23.6. The number of carbonyl (C=O) groups is 5. The molecule has 416 valence electrons. The fourth-order valence-corrected chi connectivity index (χ4v) is 11.0. The summed E-state index contributed by atoms with van der Waals surface area (Å²) < 4.78 is 75.5. The van der Waals surface area contributed by atoms with Crippen molar-refractivity contribution in [3.05, 3.63) is 101 Å². The maximum absolute atomic E-state index is 14.0. The molecule has 7 N–H and O–H groups in total. The van der Waals surface area contributed by atoms with Crippen LogP contribution in [0.25, 0.3) is 0 Å². The maximum atomic E-state index is 14.0. The van der Waals surface area contributed by atoms with E-state index in [2.05, 4.69) is 47.4 Å². The normalized spacial score (nSPS) is 18.0. The summed E-state index contributed by atoms with van der Waals surface area (Å²) >= 11 is 1.91. The quantitative estimate of drug-likeness (QED) is 0.0172. The van der Waals surface area contributed by atoms with Gasteiger partial charge in [-0.05, 0) is 87.9 Å². The Hall–Kier alpha value is -5.83. The molecule has 76 heavy (non-hydrogen) atoms. The van der Waals surface area contributed by atoms with E-state index in [0.29, 0.717) is 35.3 Å². The Balaban J connectivity index is 0.814. The molecular weight excluding hydrogens is 1010 g/mol. The van der Waals surface area contributed by atoms with Gasteiger partial charge >= 0.3 is 17.9 Å². The summed E-state index contributed by atoms with van der Waals surface area (Å²) in [5, 5.41) is 27.6. The van der Waals surface area contributed by atoms with Crippen LogP contribution in [0.2, 0.25) is 0 Å². The molecular formula is C55H74F5N9O6S. The number of carbonyl (C=O) groups excluding carboxylic acids is 5. The van der Waals surface area contributed by atoms with Crippen LogP contribution in [0.1, 0.15) is 132 Å². The molecule has 3 aliphatic heterocycles. The summed E-state index contributed by atoms with van der Waals surface area (Å²) in [4.78, 5) is 63.6. The van der Waals surface area contributed by atoms with Gasteiger partial charge in [-0.15, -0.1) is 10.2 Å². The molecule has 0 aromatic heterocycles. The highest BCUT2D eigenvalue weighted by Gasteiger charge is 2.65. The minimum absolute atomic E-state index is 0.0502. The van der Waals surface area contributed by atoms with Gasteiger partial charge in [0.05, 0.1) is 25.1 Å². The standard InChI is InChI=1S/C55H74F5N9O6S/c1-37(64-52(73)44(31-38-19-11-10-12-20-38)65-49(71)32-39-29-42(56)34-43(57)30-39)51(72)63-35-40-23-24-41(54(68-69-54)55(58,59)60)33-46(40)75-28-18-9-5-4-7-16-26-61-25-15-6-2-3-8-17-27-62-48(70)22-14-13-21-47-50-45(36-76-47)66-53(74)67-50/h10-12,19-20,23-24,29-30,33-34,37,44-45,47,50,61H,2-9,13-18,21-22,25-28,31-32,35-36H2,1H3,(H,62,70)(H,63,72)(H,64,73)(H,65,71)(H2,66,67,74)/t37-,44-,45-,47-,50-/m0/s1. The molecule has 3 heterocycles. The summed E-state index contributed by atoms with van der Waals surface area (Å²) in [6.07, 6.45) is 10.7. The molecule has 0 saturated carbocycles. The van der Waals surface area contributed by atoms with Gasteiger partial charge in [-0.25, -0.2) is 13.6 Å². The van der Waals surface area contributed by atoms with Crippen LogP contribution in [0.4, 0.5) is 26.7 Å². The van der Waals surface area contributed by atoms with Crippen molar-refractivity contribution in [3.63, 3.8) is 0 Å². The molecule has 3 aliphatic rings. The lowest BCUT2D eigenvalue weighted by Gasteiger charge is -2.22. The van der Waals surface area contributed by atoms with E-state index in [4.69, 9.17) is 4.74 Å². The molecule has 2 saturated heterocycles. The van der Waals surface area contributed by atoms with Crippen LogP contribution in [0.15, 0.2) is 77.0 Å². The highest BCUT2D eigenvalue weighted by atomic mass is 32.2. The lowest BCUT2D eigenvalue weighted by Crippen LogP contribution is -2.53. The Morgan fingerprint density at radius 2 is 1.39 bits per heavy atom. The molecule has 0 radical (unpaired) electrons. The van der Waals surface area contributed by atoms with Gasteiger partial charge in [-0.1, -0.05) is 100 Å². The van der Waals surface area contributed by atoms with Crippen LogP contribution in [0.3, 0.4) is 0 Å². The average molecular weight is 1080 g/mol. The Morgan fingerprint density at radius 1 is 0.737 bits per heavy atom. The molecule has 6 amide bonds. The minimum Gasteiger partial charge on any atom is -0.493 e. The van der Waals surface area contributed by atoms with Crippen molar-refractivity contribution in [1.82, 2.24) is 37.2 Å². The third kappa shape index (κ3) is 19.3. The topological polar surface area (TPSA) is 204 Å². The number of nitrogens with zero attached hydrogens (tertiary/aromatic N) is 2. The second-order valence-corrected chi connectivity index (χ2v) is 21.2. The number of urea groups is 1. The fraction of sp³-hybridized carbons (Fsp3) is 0.582.